The molecule has 0 aliphatic carbocycles. The third kappa shape index (κ3) is 6.11. The molecule has 150 valence electrons. The van der Waals surface area contributed by atoms with Gasteiger partial charge in [-0.1, -0.05) is 12.1 Å². The number of rotatable bonds is 8. The maximum absolute atomic E-state index is 11.9. The number of nitrogens with one attached hydrogen (secondary N) is 2. The molecule has 3 rings (SSSR count). The summed E-state index contributed by atoms with van der Waals surface area (Å²) in [5.74, 6) is 2.13. The lowest BCUT2D eigenvalue weighted by atomic mass is 10.1. The molecule has 1 fully saturated rings. The molecule has 7 heteroatoms. The van der Waals surface area contributed by atoms with Gasteiger partial charge >= 0.3 is 0 Å². The van der Waals surface area contributed by atoms with Crippen LogP contribution >= 0.6 is 0 Å². The summed E-state index contributed by atoms with van der Waals surface area (Å²) in [4.78, 5) is 23.3. The van der Waals surface area contributed by atoms with Gasteiger partial charge in [-0.3, -0.25) is 4.79 Å². The van der Waals surface area contributed by atoms with Crippen molar-refractivity contribution in [3.63, 3.8) is 0 Å². The zero-order valence-corrected chi connectivity index (χ0v) is 16.7. The summed E-state index contributed by atoms with van der Waals surface area (Å²) in [5, 5.41) is 6.04. The molecular weight excluding hydrogens is 354 g/mol. The Hall–Kier alpha value is -2.83. The summed E-state index contributed by atoms with van der Waals surface area (Å²) in [6.07, 6.45) is 3.71. The van der Waals surface area contributed by atoms with Crippen LogP contribution in [0.15, 0.2) is 30.3 Å². The molecule has 0 bridgehead atoms. The van der Waals surface area contributed by atoms with Crippen molar-refractivity contribution in [2.45, 2.75) is 33.1 Å². The summed E-state index contributed by atoms with van der Waals surface area (Å²) < 4.78 is 5.50. The molecule has 1 aliphatic rings. The van der Waals surface area contributed by atoms with Gasteiger partial charge in [0.1, 0.15) is 11.6 Å². The molecule has 2 aromatic rings. The van der Waals surface area contributed by atoms with Gasteiger partial charge < -0.3 is 20.3 Å². The molecule has 1 aromatic carbocycles. The molecule has 0 radical (unpaired) electrons. The fourth-order valence-electron chi connectivity index (χ4n) is 3.20. The molecular formula is C21H29N5O2. The number of aromatic nitrogens is 2. The van der Waals surface area contributed by atoms with Gasteiger partial charge in [-0.2, -0.15) is 4.98 Å². The standard InChI is InChI=1S/C21H29N5O2/c1-16-7-6-8-18(13-16)28-15-20(27)22-9-10-23-21-24-17(2)14-19(25-21)26-11-4-3-5-12-26/h6-8,13-14H,3-5,9-12,15H2,1-2H3,(H,22,27)(H,23,24,25). The molecule has 28 heavy (non-hydrogen) atoms. The van der Waals surface area contributed by atoms with Crippen molar-refractivity contribution >= 4 is 17.7 Å². The highest BCUT2D eigenvalue weighted by Crippen LogP contribution is 2.19. The van der Waals surface area contributed by atoms with Gasteiger partial charge in [-0.15, -0.1) is 0 Å². The Labute approximate surface area is 166 Å². The van der Waals surface area contributed by atoms with Crippen molar-refractivity contribution < 1.29 is 9.53 Å². The van der Waals surface area contributed by atoms with Crippen LogP contribution in [0.3, 0.4) is 0 Å². The van der Waals surface area contributed by atoms with Crippen LogP contribution in [0.25, 0.3) is 0 Å². The monoisotopic (exact) mass is 383 g/mol. The normalized spacial score (nSPS) is 13.9. The molecule has 2 N–H and O–H groups in total. The maximum atomic E-state index is 11.9. The molecule has 1 amide bonds. The second-order valence-corrected chi connectivity index (χ2v) is 7.12. The van der Waals surface area contributed by atoms with Gasteiger partial charge in [-0.05, 0) is 50.8 Å². The van der Waals surface area contributed by atoms with E-state index in [1.807, 2.05) is 44.2 Å². The zero-order chi connectivity index (χ0) is 19.8. The Kier molecular flexibility index (Phi) is 7.06. The number of aryl methyl sites for hydroxylation is 2. The van der Waals surface area contributed by atoms with Gasteiger partial charge in [0.15, 0.2) is 6.61 Å². The van der Waals surface area contributed by atoms with Gasteiger partial charge in [-0.25, -0.2) is 4.98 Å². The van der Waals surface area contributed by atoms with Crippen LogP contribution in [0, 0.1) is 13.8 Å². The van der Waals surface area contributed by atoms with Gasteiger partial charge in [0.25, 0.3) is 5.91 Å². The number of carbonyl (C=O) groups excluding carboxylic acids is 1. The molecule has 1 aromatic heterocycles. The fraction of sp³-hybridized carbons (Fsp3) is 0.476. The smallest absolute Gasteiger partial charge is 0.258 e. The van der Waals surface area contributed by atoms with E-state index in [4.69, 9.17) is 4.74 Å². The van der Waals surface area contributed by atoms with Crippen molar-refractivity contribution in [1.29, 1.82) is 0 Å². The van der Waals surface area contributed by atoms with Crippen LogP contribution in [0.2, 0.25) is 0 Å². The predicted molar refractivity (Wildman–Crippen MR) is 111 cm³/mol. The molecule has 0 spiro atoms. The van der Waals surface area contributed by atoms with Crippen molar-refractivity contribution in [3.8, 4) is 5.75 Å². The molecule has 7 nitrogen and oxygen atoms in total. The Bertz CT molecular complexity index is 790. The summed E-state index contributed by atoms with van der Waals surface area (Å²) in [7, 11) is 0. The molecule has 0 saturated carbocycles. The van der Waals surface area contributed by atoms with Crippen LogP contribution in [0.1, 0.15) is 30.5 Å². The number of amides is 1. The highest BCUT2D eigenvalue weighted by Gasteiger charge is 2.13. The van der Waals surface area contributed by atoms with Crippen molar-refractivity contribution in [2.75, 3.05) is 43.0 Å². The first-order chi connectivity index (χ1) is 13.6. The lowest BCUT2D eigenvalue weighted by Gasteiger charge is -2.28. The molecule has 2 heterocycles. The minimum atomic E-state index is -0.150. The second-order valence-electron chi connectivity index (χ2n) is 7.12. The highest BCUT2D eigenvalue weighted by molar-refractivity contribution is 5.77. The number of benzene rings is 1. The lowest BCUT2D eigenvalue weighted by molar-refractivity contribution is -0.123. The van der Waals surface area contributed by atoms with E-state index in [0.29, 0.717) is 24.8 Å². The van der Waals surface area contributed by atoms with Crippen LogP contribution < -0.4 is 20.3 Å². The quantitative estimate of drug-likeness (QED) is 0.683. The third-order valence-corrected chi connectivity index (χ3v) is 4.61. The number of nitrogens with zero attached hydrogens (tertiary/aromatic N) is 3. The Morgan fingerprint density at radius 1 is 1.11 bits per heavy atom. The van der Waals surface area contributed by atoms with Crippen LogP contribution in [0.5, 0.6) is 5.75 Å². The van der Waals surface area contributed by atoms with Crippen molar-refractivity contribution in [3.05, 3.63) is 41.6 Å². The lowest BCUT2D eigenvalue weighted by Crippen LogP contribution is -2.33. The van der Waals surface area contributed by atoms with Crippen LogP contribution in [-0.4, -0.2) is 48.7 Å². The van der Waals surface area contributed by atoms with E-state index < -0.39 is 0 Å². The van der Waals surface area contributed by atoms with E-state index in [9.17, 15) is 4.79 Å². The Morgan fingerprint density at radius 3 is 2.71 bits per heavy atom. The third-order valence-electron chi connectivity index (χ3n) is 4.61. The topological polar surface area (TPSA) is 79.4 Å². The zero-order valence-electron chi connectivity index (χ0n) is 16.7. The number of hydrogen-bond acceptors (Lipinski definition) is 6. The maximum Gasteiger partial charge on any atom is 0.258 e. The summed E-state index contributed by atoms with van der Waals surface area (Å²) in [5.41, 5.74) is 2.04. The first-order valence-electron chi connectivity index (χ1n) is 9.91. The van der Waals surface area contributed by atoms with E-state index in [1.165, 1.54) is 19.3 Å². The van der Waals surface area contributed by atoms with Crippen LogP contribution in [0.4, 0.5) is 11.8 Å². The summed E-state index contributed by atoms with van der Waals surface area (Å²) in [6, 6.07) is 9.68. The first kappa shape index (κ1) is 19.9. The van der Waals surface area contributed by atoms with E-state index in [2.05, 4.69) is 25.5 Å². The number of ether oxygens (including phenoxy) is 1. The Balaban J connectivity index is 1.41. The number of anilines is 2. The average molecular weight is 383 g/mol. The first-order valence-corrected chi connectivity index (χ1v) is 9.91. The second kappa shape index (κ2) is 9.92. The van der Waals surface area contributed by atoms with E-state index >= 15 is 0 Å². The largest absolute Gasteiger partial charge is 0.484 e. The number of carbonyl (C=O) groups is 1. The fourth-order valence-corrected chi connectivity index (χ4v) is 3.20. The highest BCUT2D eigenvalue weighted by atomic mass is 16.5. The van der Waals surface area contributed by atoms with Crippen molar-refractivity contribution in [2.24, 2.45) is 0 Å². The van der Waals surface area contributed by atoms with Gasteiger partial charge in [0.05, 0.1) is 0 Å². The van der Waals surface area contributed by atoms with Gasteiger partial charge in [0, 0.05) is 37.9 Å². The predicted octanol–water partition coefficient (Wildman–Crippen LogP) is 2.69. The summed E-state index contributed by atoms with van der Waals surface area (Å²) in [6.45, 7) is 7.10. The SMILES string of the molecule is Cc1cccc(OCC(=O)NCCNc2nc(C)cc(N3CCCCC3)n2)c1. The number of hydrogen-bond donors (Lipinski definition) is 2. The molecule has 1 aliphatic heterocycles. The van der Waals surface area contributed by atoms with E-state index in [1.54, 1.807) is 0 Å². The van der Waals surface area contributed by atoms with E-state index in [0.717, 1.165) is 30.2 Å². The summed E-state index contributed by atoms with van der Waals surface area (Å²) >= 11 is 0. The van der Waals surface area contributed by atoms with Crippen molar-refractivity contribution in [1.82, 2.24) is 15.3 Å². The minimum absolute atomic E-state index is 0.00348. The average Bonchev–Trinajstić information content (AvgIpc) is 2.70. The molecule has 0 unspecified atom stereocenters. The van der Waals surface area contributed by atoms with Gasteiger partial charge in [0.2, 0.25) is 5.95 Å². The molecule has 0 atom stereocenters. The van der Waals surface area contributed by atoms with E-state index in [-0.39, 0.29) is 12.5 Å². The Morgan fingerprint density at radius 2 is 1.93 bits per heavy atom. The molecule has 1 saturated heterocycles. The van der Waals surface area contributed by atoms with Crippen LogP contribution in [-0.2, 0) is 4.79 Å². The number of piperidine rings is 1. The minimum Gasteiger partial charge on any atom is -0.484 e.